The summed E-state index contributed by atoms with van der Waals surface area (Å²) in [5, 5.41) is 0. The molecule has 0 amide bonds. The Kier molecular flexibility index (Phi) is 1.11. The van der Waals surface area contributed by atoms with Gasteiger partial charge in [-0.3, -0.25) is 0 Å². The Hall–Kier alpha value is -1.30. The summed E-state index contributed by atoms with van der Waals surface area (Å²) in [5.74, 6) is 0. The summed E-state index contributed by atoms with van der Waals surface area (Å²) in [6.07, 6.45) is 14.1. The lowest BCUT2D eigenvalue weighted by Crippen LogP contribution is -1.85. The molecule has 14 heavy (non-hydrogen) atoms. The van der Waals surface area contributed by atoms with E-state index in [1.165, 1.54) is 25.7 Å². The van der Waals surface area contributed by atoms with Crippen LogP contribution in [0.2, 0.25) is 0 Å². The molecular formula is C14H12. The van der Waals surface area contributed by atoms with Gasteiger partial charge in [0, 0.05) is 0 Å². The Morgan fingerprint density at radius 3 is 2.71 bits per heavy atom. The van der Waals surface area contributed by atoms with E-state index in [9.17, 15) is 0 Å². The lowest BCUT2D eigenvalue weighted by Gasteiger charge is -2.03. The van der Waals surface area contributed by atoms with Crippen molar-refractivity contribution < 1.29 is 0 Å². The molecule has 0 aromatic heterocycles. The Morgan fingerprint density at radius 2 is 1.71 bits per heavy atom. The van der Waals surface area contributed by atoms with Gasteiger partial charge >= 0.3 is 0 Å². The Morgan fingerprint density at radius 1 is 0.786 bits per heavy atom. The van der Waals surface area contributed by atoms with Gasteiger partial charge in [0.15, 0.2) is 0 Å². The van der Waals surface area contributed by atoms with Crippen LogP contribution in [0.5, 0.6) is 0 Å². The highest BCUT2D eigenvalue weighted by molar-refractivity contribution is 5.69. The predicted octanol–water partition coefficient (Wildman–Crippen LogP) is 3.60. The van der Waals surface area contributed by atoms with Crippen molar-refractivity contribution in [3.63, 3.8) is 0 Å². The van der Waals surface area contributed by atoms with Gasteiger partial charge in [0.05, 0.1) is 0 Å². The highest BCUT2D eigenvalue weighted by atomic mass is 14.4. The standard InChI is InChI=1S/C14H12/c1-3-9-7-14-12-6-2-4-10(12)8-13(14)11(9)5-1/h1-3,6H,4-5,7-8H2. The number of allylic oxidation sites excluding steroid dienone is 10. The molecule has 0 saturated carbocycles. The van der Waals surface area contributed by atoms with E-state index in [1.807, 2.05) is 0 Å². The van der Waals surface area contributed by atoms with Gasteiger partial charge in [0.25, 0.3) is 0 Å². The van der Waals surface area contributed by atoms with E-state index in [0.717, 1.165) is 0 Å². The molecule has 0 spiro atoms. The normalized spacial score (nSPS) is 26.9. The molecule has 0 aromatic rings. The monoisotopic (exact) mass is 180 g/mol. The molecule has 68 valence electrons. The van der Waals surface area contributed by atoms with Gasteiger partial charge in [-0.1, -0.05) is 29.9 Å². The van der Waals surface area contributed by atoms with E-state index in [2.05, 4.69) is 24.3 Å². The molecule has 0 aliphatic heterocycles. The van der Waals surface area contributed by atoms with Gasteiger partial charge in [0.1, 0.15) is 0 Å². The Bertz CT molecular complexity index is 490. The van der Waals surface area contributed by atoms with Gasteiger partial charge in [-0.05, 0) is 53.5 Å². The highest BCUT2D eigenvalue weighted by Gasteiger charge is 2.32. The molecular weight excluding hydrogens is 168 g/mol. The van der Waals surface area contributed by atoms with Crippen molar-refractivity contribution in [1.29, 1.82) is 0 Å². The van der Waals surface area contributed by atoms with Crippen molar-refractivity contribution in [2.24, 2.45) is 0 Å². The molecule has 0 unspecified atom stereocenters. The molecule has 0 bridgehead atoms. The molecule has 4 aliphatic carbocycles. The van der Waals surface area contributed by atoms with Gasteiger partial charge < -0.3 is 0 Å². The fourth-order valence-corrected chi connectivity index (χ4v) is 3.23. The van der Waals surface area contributed by atoms with Gasteiger partial charge in [-0.15, -0.1) is 0 Å². The zero-order valence-corrected chi connectivity index (χ0v) is 8.14. The average molecular weight is 180 g/mol. The van der Waals surface area contributed by atoms with Crippen LogP contribution in [0, 0.1) is 0 Å². The molecule has 0 atom stereocenters. The summed E-state index contributed by atoms with van der Waals surface area (Å²) < 4.78 is 0. The van der Waals surface area contributed by atoms with Crippen LogP contribution in [0.25, 0.3) is 0 Å². The molecule has 0 saturated heterocycles. The van der Waals surface area contributed by atoms with E-state index in [-0.39, 0.29) is 0 Å². The molecule has 4 aliphatic rings. The van der Waals surface area contributed by atoms with Gasteiger partial charge in [-0.25, -0.2) is 0 Å². The minimum atomic E-state index is 1.19. The Balaban J connectivity index is 1.83. The van der Waals surface area contributed by atoms with Crippen LogP contribution in [-0.4, -0.2) is 0 Å². The SMILES string of the molecule is C1=CC2=C(C1)CC1=C2CC2=C1CC=C2. The maximum Gasteiger partial charge on any atom is -0.00140 e. The van der Waals surface area contributed by atoms with E-state index in [4.69, 9.17) is 0 Å². The second-order valence-corrected chi connectivity index (χ2v) is 4.54. The minimum Gasteiger partial charge on any atom is -0.0798 e. The van der Waals surface area contributed by atoms with Crippen molar-refractivity contribution in [3.8, 4) is 0 Å². The third kappa shape index (κ3) is 0.672. The second-order valence-electron chi connectivity index (χ2n) is 4.54. The van der Waals surface area contributed by atoms with Crippen molar-refractivity contribution in [2.75, 3.05) is 0 Å². The molecule has 0 nitrogen and oxygen atoms in total. The number of fused-ring (bicyclic) bond motifs is 2. The van der Waals surface area contributed by atoms with Crippen molar-refractivity contribution >= 4 is 0 Å². The number of hydrogen-bond donors (Lipinski definition) is 0. The van der Waals surface area contributed by atoms with Crippen LogP contribution in [0.1, 0.15) is 25.7 Å². The summed E-state index contributed by atoms with van der Waals surface area (Å²) in [4.78, 5) is 0. The third-order valence-corrected chi connectivity index (χ3v) is 3.87. The summed E-state index contributed by atoms with van der Waals surface area (Å²) >= 11 is 0. The van der Waals surface area contributed by atoms with E-state index in [0.29, 0.717) is 0 Å². The van der Waals surface area contributed by atoms with Crippen molar-refractivity contribution in [1.82, 2.24) is 0 Å². The second kappa shape index (κ2) is 2.20. The quantitative estimate of drug-likeness (QED) is 0.534. The first-order valence-corrected chi connectivity index (χ1v) is 5.43. The molecule has 4 rings (SSSR count). The van der Waals surface area contributed by atoms with Crippen molar-refractivity contribution in [2.45, 2.75) is 25.7 Å². The maximum atomic E-state index is 2.34. The first kappa shape index (κ1) is 7.05. The first-order chi connectivity index (χ1) is 6.93. The molecule has 0 N–H and O–H groups in total. The predicted molar refractivity (Wildman–Crippen MR) is 57.8 cm³/mol. The smallest absolute Gasteiger partial charge is 0.00140 e. The van der Waals surface area contributed by atoms with Crippen LogP contribution < -0.4 is 0 Å². The largest absolute Gasteiger partial charge is 0.0798 e. The third-order valence-electron chi connectivity index (χ3n) is 3.87. The minimum absolute atomic E-state index is 1.19. The van der Waals surface area contributed by atoms with E-state index >= 15 is 0 Å². The summed E-state index contributed by atoms with van der Waals surface area (Å²) in [7, 11) is 0. The molecule has 0 heterocycles. The molecule has 0 radical (unpaired) electrons. The zero-order valence-electron chi connectivity index (χ0n) is 8.14. The van der Waals surface area contributed by atoms with E-state index < -0.39 is 0 Å². The van der Waals surface area contributed by atoms with Gasteiger partial charge in [0.2, 0.25) is 0 Å². The Labute approximate surface area is 84.0 Å². The topological polar surface area (TPSA) is 0 Å². The number of rotatable bonds is 0. The van der Waals surface area contributed by atoms with Crippen LogP contribution >= 0.6 is 0 Å². The maximum absolute atomic E-state index is 2.34. The molecule has 0 aromatic carbocycles. The van der Waals surface area contributed by atoms with E-state index in [1.54, 1.807) is 33.4 Å². The summed E-state index contributed by atoms with van der Waals surface area (Å²) in [6, 6.07) is 0. The van der Waals surface area contributed by atoms with Gasteiger partial charge in [-0.2, -0.15) is 0 Å². The highest BCUT2D eigenvalue weighted by Crippen LogP contribution is 2.51. The molecule has 0 fully saturated rings. The number of hydrogen-bond acceptors (Lipinski definition) is 0. The summed E-state index contributed by atoms with van der Waals surface area (Å²) in [5.41, 5.74) is 9.85. The average Bonchev–Trinajstić information content (AvgIpc) is 2.80. The van der Waals surface area contributed by atoms with Crippen LogP contribution in [0.15, 0.2) is 57.7 Å². The fourth-order valence-electron chi connectivity index (χ4n) is 3.23. The zero-order chi connectivity index (χ0) is 9.12. The lowest BCUT2D eigenvalue weighted by atomic mass is 10.0. The lowest BCUT2D eigenvalue weighted by molar-refractivity contribution is 1.07. The summed E-state index contributed by atoms with van der Waals surface area (Å²) in [6.45, 7) is 0. The molecule has 0 heteroatoms. The van der Waals surface area contributed by atoms with Crippen LogP contribution in [0.3, 0.4) is 0 Å². The fraction of sp³-hybridized carbons (Fsp3) is 0.286. The first-order valence-electron chi connectivity index (χ1n) is 5.43. The van der Waals surface area contributed by atoms with Crippen LogP contribution in [0.4, 0.5) is 0 Å². The van der Waals surface area contributed by atoms with Crippen LogP contribution in [-0.2, 0) is 0 Å². The van der Waals surface area contributed by atoms with Crippen molar-refractivity contribution in [3.05, 3.63) is 57.7 Å².